The lowest BCUT2D eigenvalue weighted by Crippen LogP contribution is -2.38. The second-order valence-corrected chi connectivity index (χ2v) is 3.21. The van der Waals surface area contributed by atoms with Crippen molar-refractivity contribution in [2.75, 3.05) is 46.6 Å². The zero-order valence-corrected chi connectivity index (χ0v) is 9.70. The van der Waals surface area contributed by atoms with Crippen LogP contribution < -0.4 is 5.73 Å². The Kier molecular flexibility index (Phi) is 9.46. The van der Waals surface area contributed by atoms with Gasteiger partial charge >= 0.3 is 0 Å². The molecule has 90 valence electrons. The van der Waals surface area contributed by atoms with E-state index in [2.05, 4.69) is 0 Å². The lowest BCUT2D eigenvalue weighted by molar-refractivity contribution is -0.136. The molecule has 0 aliphatic heterocycles. The van der Waals surface area contributed by atoms with E-state index in [1.807, 2.05) is 6.92 Å². The summed E-state index contributed by atoms with van der Waals surface area (Å²) in [6.45, 7) is 4.93. The molecule has 0 saturated carbocycles. The lowest BCUT2D eigenvalue weighted by atomic mass is 10.4. The van der Waals surface area contributed by atoms with Crippen molar-refractivity contribution < 1.29 is 14.3 Å². The van der Waals surface area contributed by atoms with Crippen LogP contribution in [0.3, 0.4) is 0 Å². The number of rotatable bonds is 9. The highest BCUT2D eigenvalue weighted by atomic mass is 16.5. The molecule has 5 heteroatoms. The monoisotopic (exact) mass is 218 g/mol. The predicted molar refractivity (Wildman–Crippen MR) is 58.6 cm³/mol. The van der Waals surface area contributed by atoms with Crippen molar-refractivity contribution in [3.05, 3.63) is 0 Å². The number of carbonyl (C=O) groups excluding carboxylic acids is 1. The van der Waals surface area contributed by atoms with Crippen LogP contribution in [0.15, 0.2) is 0 Å². The molecule has 0 bridgehead atoms. The fourth-order valence-electron chi connectivity index (χ4n) is 1.18. The van der Waals surface area contributed by atoms with Gasteiger partial charge in [0.1, 0.15) is 6.61 Å². The highest BCUT2D eigenvalue weighted by molar-refractivity contribution is 5.77. The molecular weight excluding hydrogens is 196 g/mol. The largest absolute Gasteiger partial charge is 0.382 e. The molecule has 1 amide bonds. The van der Waals surface area contributed by atoms with Gasteiger partial charge in [-0.1, -0.05) is 6.92 Å². The Bertz CT molecular complexity index is 159. The van der Waals surface area contributed by atoms with Gasteiger partial charge < -0.3 is 20.1 Å². The van der Waals surface area contributed by atoms with Gasteiger partial charge in [0.05, 0.1) is 13.2 Å². The van der Waals surface area contributed by atoms with Crippen molar-refractivity contribution >= 4 is 5.91 Å². The van der Waals surface area contributed by atoms with Crippen LogP contribution in [0.2, 0.25) is 0 Å². The lowest BCUT2D eigenvalue weighted by Gasteiger charge is -2.21. The van der Waals surface area contributed by atoms with Crippen molar-refractivity contribution in [3.8, 4) is 0 Å². The Morgan fingerprint density at radius 3 is 2.60 bits per heavy atom. The Balaban J connectivity index is 3.70. The Morgan fingerprint density at radius 2 is 2.07 bits per heavy atom. The molecule has 0 rings (SSSR count). The first-order valence-corrected chi connectivity index (χ1v) is 5.30. The first-order chi connectivity index (χ1) is 7.26. The summed E-state index contributed by atoms with van der Waals surface area (Å²) in [5, 5.41) is 0. The van der Waals surface area contributed by atoms with Gasteiger partial charge in [0.2, 0.25) is 5.91 Å². The van der Waals surface area contributed by atoms with Gasteiger partial charge in [-0.25, -0.2) is 0 Å². The molecule has 0 fully saturated rings. The van der Waals surface area contributed by atoms with E-state index in [1.54, 1.807) is 12.0 Å². The van der Waals surface area contributed by atoms with E-state index in [-0.39, 0.29) is 12.5 Å². The number of hydrogen-bond acceptors (Lipinski definition) is 4. The van der Waals surface area contributed by atoms with Crippen LogP contribution in [0.25, 0.3) is 0 Å². The van der Waals surface area contributed by atoms with Crippen molar-refractivity contribution in [2.24, 2.45) is 5.73 Å². The molecular formula is C10H22N2O3. The molecule has 0 heterocycles. The standard InChI is InChI=1S/C10H22N2O3/c1-3-5-12(6-4-11)10(13)9-15-8-7-14-2/h3-9,11H2,1-2H3. The van der Waals surface area contributed by atoms with E-state index in [0.29, 0.717) is 26.3 Å². The SMILES string of the molecule is CCCN(CCN)C(=O)COCCOC. The summed E-state index contributed by atoms with van der Waals surface area (Å²) in [7, 11) is 1.60. The molecule has 0 saturated heterocycles. The average molecular weight is 218 g/mol. The summed E-state index contributed by atoms with van der Waals surface area (Å²) in [6, 6.07) is 0. The third-order valence-electron chi connectivity index (χ3n) is 1.90. The predicted octanol–water partition coefficient (Wildman–Crippen LogP) is -0.153. The highest BCUT2D eigenvalue weighted by Crippen LogP contribution is 1.93. The van der Waals surface area contributed by atoms with Gasteiger partial charge in [0, 0.05) is 26.7 Å². The third kappa shape index (κ3) is 7.30. The van der Waals surface area contributed by atoms with Gasteiger partial charge in [-0.05, 0) is 6.42 Å². The van der Waals surface area contributed by atoms with Crippen molar-refractivity contribution in [3.63, 3.8) is 0 Å². The van der Waals surface area contributed by atoms with Crippen LogP contribution in [0.5, 0.6) is 0 Å². The Labute approximate surface area is 91.5 Å². The summed E-state index contributed by atoms with van der Waals surface area (Å²) in [4.78, 5) is 13.3. The summed E-state index contributed by atoms with van der Waals surface area (Å²) in [5.41, 5.74) is 5.42. The molecule has 0 spiro atoms. The van der Waals surface area contributed by atoms with Crippen LogP contribution >= 0.6 is 0 Å². The number of amides is 1. The van der Waals surface area contributed by atoms with Crippen LogP contribution in [0, 0.1) is 0 Å². The number of methoxy groups -OCH3 is 1. The van der Waals surface area contributed by atoms with Crippen LogP contribution in [0.4, 0.5) is 0 Å². The zero-order chi connectivity index (χ0) is 11.5. The number of ether oxygens (including phenoxy) is 2. The molecule has 5 nitrogen and oxygen atoms in total. The van der Waals surface area contributed by atoms with Crippen molar-refractivity contribution in [1.82, 2.24) is 4.90 Å². The molecule has 0 aliphatic carbocycles. The third-order valence-corrected chi connectivity index (χ3v) is 1.90. The molecule has 15 heavy (non-hydrogen) atoms. The van der Waals surface area contributed by atoms with E-state index in [4.69, 9.17) is 15.2 Å². The summed E-state index contributed by atoms with van der Waals surface area (Å²) < 4.78 is 9.96. The topological polar surface area (TPSA) is 64.8 Å². The van der Waals surface area contributed by atoms with Gasteiger partial charge in [0.15, 0.2) is 0 Å². The van der Waals surface area contributed by atoms with Gasteiger partial charge in [0.25, 0.3) is 0 Å². The molecule has 0 radical (unpaired) electrons. The van der Waals surface area contributed by atoms with E-state index >= 15 is 0 Å². The Hall–Kier alpha value is -0.650. The smallest absolute Gasteiger partial charge is 0.248 e. The maximum atomic E-state index is 11.6. The molecule has 2 N–H and O–H groups in total. The van der Waals surface area contributed by atoms with Crippen molar-refractivity contribution in [1.29, 1.82) is 0 Å². The van der Waals surface area contributed by atoms with Crippen LogP contribution in [0.1, 0.15) is 13.3 Å². The number of nitrogens with two attached hydrogens (primary N) is 1. The second-order valence-electron chi connectivity index (χ2n) is 3.21. The summed E-state index contributed by atoms with van der Waals surface area (Å²) in [6.07, 6.45) is 0.934. The maximum absolute atomic E-state index is 11.6. The first-order valence-electron chi connectivity index (χ1n) is 5.30. The number of hydrogen-bond donors (Lipinski definition) is 1. The summed E-state index contributed by atoms with van der Waals surface area (Å²) in [5.74, 6) is -0.00148. The fraction of sp³-hybridized carbons (Fsp3) is 0.900. The molecule has 0 aromatic rings. The molecule has 0 unspecified atom stereocenters. The minimum absolute atomic E-state index is 0.00148. The molecule has 0 aromatic carbocycles. The van der Waals surface area contributed by atoms with E-state index in [9.17, 15) is 4.79 Å². The first kappa shape index (κ1) is 14.3. The quantitative estimate of drug-likeness (QED) is 0.546. The maximum Gasteiger partial charge on any atom is 0.248 e. The number of carbonyl (C=O) groups is 1. The van der Waals surface area contributed by atoms with Gasteiger partial charge in [-0.3, -0.25) is 4.79 Å². The second kappa shape index (κ2) is 9.89. The molecule has 0 aromatic heterocycles. The average Bonchev–Trinajstić information content (AvgIpc) is 2.24. The number of nitrogens with zero attached hydrogens (tertiary/aromatic N) is 1. The van der Waals surface area contributed by atoms with E-state index in [0.717, 1.165) is 13.0 Å². The highest BCUT2D eigenvalue weighted by Gasteiger charge is 2.11. The van der Waals surface area contributed by atoms with Crippen LogP contribution in [-0.2, 0) is 14.3 Å². The van der Waals surface area contributed by atoms with Crippen LogP contribution in [-0.4, -0.2) is 57.4 Å². The minimum Gasteiger partial charge on any atom is -0.382 e. The van der Waals surface area contributed by atoms with Crippen molar-refractivity contribution in [2.45, 2.75) is 13.3 Å². The van der Waals surface area contributed by atoms with E-state index in [1.165, 1.54) is 0 Å². The molecule has 0 atom stereocenters. The minimum atomic E-state index is -0.00148. The Morgan fingerprint density at radius 1 is 1.33 bits per heavy atom. The van der Waals surface area contributed by atoms with Gasteiger partial charge in [-0.15, -0.1) is 0 Å². The fourth-order valence-corrected chi connectivity index (χ4v) is 1.18. The zero-order valence-electron chi connectivity index (χ0n) is 9.70. The normalized spacial score (nSPS) is 10.3. The van der Waals surface area contributed by atoms with E-state index < -0.39 is 0 Å². The summed E-state index contributed by atoms with van der Waals surface area (Å²) >= 11 is 0. The molecule has 0 aliphatic rings. The van der Waals surface area contributed by atoms with Gasteiger partial charge in [-0.2, -0.15) is 0 Å².